The summed E-state index contributed by atoms with van der Waals surface area (Å²) in [6, 6.07) is -0.293. The van der Waals surface area contributed by atoms with Gasteiger partial charge in [-0.15, -0.1) is 0 Å². The number of nitrogens with two attached hydrogens (primary N) is 1. The van der Waals surface area contributed by atoms with Crippen LogP contribution in [0.1, 0.15) is 38.5 Å². The Bertz CT molecular complexity index is 240. The van der Waals surface area contributed by atoms with E-state index < -0.39 is 0 Å². The van der Waals surface area contributed by atoms with Crippen molar-refractivity contribution in [1.82, 2.24) is 10.2 Å². The van der Waals surface area contributed by atoms with Crippen LogP contribution in [-0.4, -0.2) is 37.0 Å². The van der Waals surface area contributed by atoms with E-state index in [2.05, 4.69) is 5.32 Å². The molecular formula is C12H23N3O2. The summed E-state index contributed by atoms with van der Waals surface area (Å²) < 4.78 is 0. The summed E-state index contributed by atoms with van der Waals surface area (Å²) in [6.07, 6.45) is 7.41. The molecule has 1 aliphatic carbocycles. The fourth-order valence-electron chi connectivity index (χ4n) is 2.19. The highest BCUT2D eigenvalue weighted by Crippen LogP contribution is 2.22. The Hall–Kier alpha value is -1.10. The van der Waals surface area contributed by atoms with Crippen LogP contribution in [0.5, 0.6) is 0 Å². The van der Waals surface area contributed by atoms with Crippen molar-refractivity contribution < 1.29 is 9.59 Å². The van der Waals surface area contributed by atoms with E-state index in [0.717, 1.165) is 4.90 Å². The first-order valence-corrected chi connectivity index (χ1v) is 6.47. The number of hydrogen-bond donors (Lipinski definition) is 2. The van der Waals surface area contributed by atoms with Gasteiger partial charge in [0.1, 0.15) is 0 Å². The van der Waals surface area contributed by atoms with Crippen LogP contribution in [0, 0.1) is 5.92 Å². The lowest BCUT2D eigenvalue weighted by Crippen LogP contribution is -2.42. The molecule has 1 saturated carbocycles. The van der Waals surface area contributed by atoms with Gasteiger partial charge in [0.2, 0.25) is 6.41 Å². The van der Waals surface area contributed by atoms with Gasteiger partial charge < -0.3 is 11.1 Å². The molecule has 1 fully saturated rings. The van der Waals surface area contributed by atoms with Gasteiger partial charge in [0.05, 0.1) is 0 Å². The molecule has 1 rings (SSSR count). The Morgan fingerprint density at radius 1 is 1.35 bits per heavy atom. The molecule has 0 aromatic rings. The van der Waals surface area contributed by atoms with Crippen LogP contribution in [0.15, 0.2) is 0 Å². The Labute approximate surface area is 103 Å². The first kappa shape index (κ1) is 14.0. The van der Waals surface area contributed by atoms with Gasteiger partial charge in [-0.05, 0) is 31.7 Å². The third-order valence-electron chi connectivity index (χ3n) is 3.26. The number of rotatable bonds is 6. The molecule has 0 aromatic heterocycles. The molecule has 98 valence electrons. The van der Waals surface area contributed by atoms with Crippen LogP contribution in [0.4, 0.5) is 4.79 Å². The minimum Gasteiger partial charge on any atom is -0.337 e. The fourth-order valence-corrected chi connectivity index (χ4v) is 2.19. The minimum absolute atomic E-state index is 0.293. The molecule has 0 unspecified atom stereocenters. The van der Waals surface area contributed by atoms with E-state index in [1.807, 2.05) is 0 Å². The van der Waals surface area contributed by atoms with E-state index in [1.54, 1.807) is 0 Å². The summed E-state index contributed by atoms with van der Waals surface area (Å²) in [7, 11) is 0. The molecule has 0 bridgehead atoms. The van der Waals surface area contributed by atoms with Crippen molar-refractivity contribution in [1.29, 1.82) is 0 Å². The van der Waals surface area contributed by atoms with E-state index in [-0.39, 0.29) is 6.03 Å². The number of nitrogens with one attached hydrogen (secondary N) is 1. The highest BCUT2D eigenvalue weighted by molar-refractivity contribution is 5.84. The Morgan fingerprint density at radius 3 is 2.65 bits per heavy atom. The topological polar surface area (TPSA) is 75.4 Å². The second-order valence-electron chi connectivity index (χ2n) is 4.63. The molecule has 0 saturated heterocycles. The van der Waals surface area contributed by atoms with E-state index >= 15 is 0 Å². The predicted octanol–water partition coefficient (Wildman–Crippen LogP) is 1.08. The average Bonchev–Trinajstić information content (AvgIpc) is 2.38. The number of nitrogens with zero attached hydrogens (tertiary/aromatic N) is 1. The van der Waals surface area contributed by atoms with Crippen molar-refractivity contribution in [2.45, 2.75) is 38.5 Å². The second-order valence-corrected chi connectivity index (χ2v) is 4.63. The standard InChI is InChI=1S/C12H23N3O2/c13-7-4-8-15(10-16)12(17)14-9-11-5-2-1-3-6-11/h10-11H,1-9,13H2,(H,14,17). The quantitative estimate of drug-likeness (QED) is 0.683. The second kappa shape index (κ2) is 8.06. The van der Waals surface area contributed by atoms with Gasteiger partial charge in [0, 0.05) is 13.1 Å². The van der Waals surface area contributed by atoms with Gasteiger partial charge >= 0.3 is 6.03 Å². The van der Waals surface area contributed by atoms with E-state index in [9.17, 15) is 9.59 Å². The van der Waals surface area contributed by atoms with Crippen molar-refractivity contribution >= 4 is 12.4 Å². The number of carbonyl (C=O) groups excluding carboxylic acids is 2. The summed E-state index contributed by atoms with van der Waals surface area (Å²) in [4.78, 5) is 23.6. The van der Waals surface area contributed by atoms with Crippen LogP contribution >= 0.6 is 0 Å². The molecule has 17 heavy (non-hydrogen) atoms. The molecule has 5 heteroatoms. The lowest BCUT2D eigenvalue weighted by Gasteiger charge is -2.23. The largest absolute Gasteiger partial charge is 0.337 e. The number of urea groups is 1. The van der Waals surface area contributed by atoms with Gasteiger partial charge in [-0.2, -0.15) is 0 Å². The highest BCUT2D eigenvalue weighted by atomic mass is 16.2. The normalized spacial score (nSPS) is 16.5. The number of amides is 3. The minimum atomic E-state index is -0.293. The molecule has 1 aliphatic rings. The molecular weight excluding hydrogens is 218 g/mol. The molecule has 0 radical (unpaired) electrons. The summed E-state index contributed by atoms with van der Waals surface area (Å²) >= 11 is 0. The number of imide groups is 1. The van der Waals surface area contributed by atoms with E-state index in [1.165, 1.54) is 32.1 Å². The molecule has 0 aliphatic heterocycles. The summed E-state index contributed by atoms with van der Waals surface area (Å²) in [5, 5.41) is 2.83. The fraction of sp³-hybridized carbons (Fsp3) is 0.833. The first-order chi connectivity index (χ1) is 8.27. The number of carbonyl (C=O) groups is 2. The van der Waals surface area contributed by atoms with Gasteiger partial charge in [0.15, 0.2) is 0 Å². The maximum absolute atomic E-state index is 11.7. The molecule has 3 N–H and O–H groups in total. The highest BCUT2D eigenvalue weighted by Gasteiger charge is 2.16. The molecule has 3 amide bonds. The van der Waals surface area contributed by atoms with Gasteiger partial charge in [0.25, 0.3) is 0 Å². The summed E-state index contributed by atoms with van der Waals surface area (Å²) in [6.45, 7) is 1.57. The van der Waals surface area contributed by atoms with Crippen molar-refractivity contribution in [2.75, 3.05) is 19.6 Å². The Balaban J connectivity index is 2.23. The summed E-state index contributed by atoms with van der Waals surface area (Å²) in [5.74, 6) is 0.579. The lowest BCUT2D eigenvalue weighted by molar-refractivity contribution is -0.115. The average molecular weight is 241 g/mol. The predicted molar refractivity (Wildman–Crippen MR) is 66.4 cm³/mol. The van der Waals surface area contributed by atoms with Crippen molar-refractivity contribution in [2.24, 2.45) is 11.7 Å². The third-order valence-corrected chi connectivity index (χ3v) is 3.26. The zero-order valence-corrected chi connectivity index (χ0v) is 10.4. The van der Waals surface area contributed by atoms with Crippen LogP contribution in [-0.2, 0) is 4.79 Å². The first-order valence-electron chi connectivity index (χ1n) is 6.47. The smallest absolute Gasteiger partial charge is 0.323 e. The maximum Gasteiger partial charge on any atom is 0.323 e. The maximum atomic E-state index is 11.7. The van der Waals surface area contributed by atoms with Crippen molar-refractivity contribution in [3.63, 3.8) is 0 Å². The van der Waals surface area contributed by atoms with Crippen LogP contribution in [0.25, 0.3) is 0 Å². The van der Waals surface area contributed by atoms with Crippen molar-refractivity contribution in [3.8, 4) is 0 Å². The molecule has 0 aromatic carbocycles. The monoisotopic (exact) mass is 241 g/mol. The van der Waals surface area contributed by atoms with E-state index in [4.69, 9.17) is 5.73 Å². The van der Waals surface area contributed by atoms with Crippen LogP contribution in [0.2, 0.25) is 0 Å². The lowest BCUT2D eigenvalue weighted by atomic mass is 9.89. The Kier molecular flexibility index (Phi) is 6.62. The van der Waals surface area contributed by atoms with Crippen LogP contribution < -0.4 is 11.1 Å². The zero-order valence-electron chi connectivity index (χ0n) is 10.4. The van der Waals surface area contributed by atoms with Crippen molar-refractivity contribution in [3.05, 3.63) is 0 Å². The number of hydrogen-bond acceptors (Lipinski definition) is 3. The molecule has 0 spiro atoms. The van der Waals surface area contributed by atoms with Crippen LogP contribution in [0.3, 0.4) is 0 Å². The SMILES string of the molecule is NCCCN(C=O)C(=O)NCC1CCCCC1. The van der Waals surface area contributed by atoms with Gasteiger partial charge in [-0.3, -0.25) is 9.69 Å². The van der Waals surface area contributed by atoms with E-state index in [0.29, 0.717) is 38.4 Å². The molecule has 0 heterocycles. The zero-order chi connectivity index (χ0) is 12.5. The molecule has 0 atom stereocenters. The summed E-state index contributed by atoms with van der Waals surface area (Å²) in [5.41, 5.74) is 5.35. The van der Waals surface area contributed by atoms with Gasteiger partial charge in [-0.1, -0.05) is 19.3 Å². The molecule has 5 nitrogen and oxygen atoms in total. The Morgan fingerprint density at radius 2 is 2.06 bits per heavy atom. The third kappa shape index (κ3) is 5.17. The van der Waals surface area contributed by atoms with Gasteiger partial charge in [-0.25, -0.2) is 4.79 Å².